The number of anilines is 1. The van der Waals surface area contributed by atoms with Gasteiger partial charge in [-0.05, 0) is 56.2 Å². The van der Waals surface area contributed by atoms with Crippen molar-refractivity contribution in [3.8, 4) is 5.69 Å². The zero-order chi connectivity index (χ0) is 22.9. The molecule has 168 valence electrons. The molecule has 5 rings (SSSR count). The van der Waals surface area contributed by atoms with Crippen molar-refractivity contribution >= 4 is 22.8 Å². The van der Waals surface area contributed by atoms with E-state index in [1.54, 1.807) is 24.7 Å². The molecule has 0 radical (unpaired) electrons. The molecule has 9 heteroatoms. The van der Waals surface area contributed by atoms with Gasteiger partial charge in [-0.25, -0.2) is 14.4 Å². The van der Waals surface area contributed by atoms with Crippen molar-refractivity contribution in [3.63, 3.8) is 0 Å². The Labute approximate surface area is 190 Å². The number of rotatable bonds is 3. The van der Waals surface area contributed by atoms with E-state index in [-0.39, 0.29) is 17.8 Å². The molecule has 0 aliphatic carbocycles. The van der Waals surface area contributed by atoms with Crippen molar-refractivity contribution in [1.29, 1.82) is 0 Å². The van der Waals surface area contributed by atoms with Crippen molar-refractivity contribution in [1.82, 2.24) is 29.9 Å². The van der Waals surface area contributed by atoms with Gasteiger partial charge in [0.15, 0.2) is 0 Å². The fraction of sp³-hybridized carbons (Fsp3) is 0.292. The number of halogens is 1. The number of hydrogen-bond acceptors (Lipinski definition) is 6. The summed E-state index contributed by atoms with van der Waals surface area (Å²) in [5.41, 5.74) is 3.01. The van der Waals surface area contributed by atoms with Crippen molar-refractivity contribution in [2.24, 2.45) is 0 Å². The maximum Gasteiger partial charge on any atom is 0.254 e. The lowest BCUT2D eigenvalue weighted by atomic mass is 10.1. The molecule has 1 amide bonds. The fourth-order valence-corrected chi connectivity index (χ4v) is 4.18. The maximum absolute atomic E-state index is 13.5. The summed E-state index contributed by atoms with van der Waals surface area (Å²) >= 11 is 0. The average Bonchev–Trinajstić information content (AvgIpc) is 3.29. The van der Waals surface area contributed by atoms with Crippen LogP contribution in [0.25, 0.3) is 16.6 Å². The molecule has 8 nitrogen and oxygen atoms in total. The van der Waals surface area contributed by atoms with Gasteiger partial charge >= 0.3 is 0 Å². The lowest BCUT2D eigenvalue weighted by molar-refractivity contribution is 0.0704. The summed E-state index contributed by atoms with van der Waals surface area (Å²) in [7, 11) is 0. The summed E-state index contributed by atoms with van der Waals surface area (Å²) in [6.45, 7) is 5.90. The van der Waals surface area contributed by atoms with Crippen molar-refractivity contribution in [3.05, 3.63) is 71.9 Å². The third-order valence-electron chi connectivity index (χ3n) is 6.13. The highest BCUT2D eigenvalue weighted by molar-refractivity contribution is 5.96. The van der Waals surface area contributed by atoms with E-state index in [4.69, 9.17) is 0 Å². The first-order chi connectivity index (χ1) is 16.0. The van der Waals surface area contributed by atoms with E-state index in [2.05, 4.69) is 32.0 Å². The van der Waals surface area contributed by atoms with Crippen LogP contribution >= 0.6 is 0 Å². The van der Waals surface area contributed by atoms with Gasteiger partial charge in [0.1, 0.15) is 5.82 Å². The molecule has 0 saturated carbocycles. The summed E-state index contributed by atoms with van der Waals surface area (Å²) in [6, 6.07) is 10.2. The maximum atomic E-state index is 13.5. The number of amides is 1. The summed E-state index contributed by atoms with van der Waals surface area (Å²) in [6.07, 6.45) is 5.66. The predicted octanol–water partition coefficient (Wildman–Crippen LogP) is 3.40. The van der Waals surface area contributed by atoms with E-state index in [1.807, 2.05) is 30.0 Å². The molecule has 0 bridgehead atoms. The first-order valence-electron chi connectivity index (χ1n) is 10.9. The Morgan fingerprint density at radius 2 is 1.88 bits per heavy atom. The van der Waals surface area contributed by atoms with E-state index in [9.17, 15) is 9.18 Å². The first kappa shape index (κ1) is 21.0. The van der Waals surface area contributed by atoms with Crippen LogP contribution < -0.4 is 4.90 Å². The summed E-state index contributed by atoms with van der Waals surface area (Å²) in [5.74, 6) is 0.281. The second-order valence-corrected chi connectivity index (χ2v) is 8.31. The van der Waals surface area contributed by atoms with E-state index in [0.29, 0.717) is 35.5 Å². The molecule has 2 aromatic heterocycles. The van der Waals surface area contributed by atoms with Crippen LogP contribution in [-0.4, -0.2) is 61.4 Å². The molecule has 0 N–H and O–H groups in total. The van der Waals surface area contributed by atoms with Gasteiger partial charge in [0.2, 0.25) is 5.95 Å². The zero-order valence-electron chi connectivity index (χ0n) is 18.5. The second kappa shape index (κ2) is 8.57. The monoisotopic (exact) mass is 445 g/mol. The smallest absolute Gasteiger partial charge is 0.254 e. The van der Waals surface area contributed by atoms with Gasteiger partial charge in [-0.3, -0.25) is 4.79 Å². The number of hydrogen-bond donors (Lipinski definition) is 0. The molecule has 1 aliphatic rings. The highest BCUT2D eigenvalue weighted by atomic mass is 19.1. The standard InChI is InChI=1S/C24H24FN7O/c1-16-3-5-20(32-27-8-9-28-32)14-21(16)23(33)31-12-11-30(10-7-17(31)2)24-26-15-18-13-19(25)4-6-22(18)29-24/h3-6,8-9,13-15,17H,7,10-12H2,1-2H3/t17-/m1/s1. The molecule has 0 unspecified atom stereocenters. The molecule has 33 heavy (non-hydrogen) atoms. The van der Waals surface area contributed by atoms with Gasteiger partial charge in [-0.15, -0.1) is 0 Å². The normalized spacial score (nSPS) is 16.8. The Morgan fingerprint density at radius 3 is 2.70 bits per heavy atom. The van der Waals surface area contributed by atoms with E-state index in [0.717, 1.165) is 24.2 Å². The highest BCUT2D eigenvalue weighted by Crippen LogP contribution is 2.22. The molecule has 1 aliphatic heterocycles. The number of benzene rings is 2. The Bertz CT molecular complexity index is 1310. The first-order valence-corrected chi connectivity index (χ1v) is 10.9. The lowest BCUT2D eigenvalue weighted by Gasteiger charge is -2.27. The number of fused-ring (bicyclic) bond motifs is 1. The zero-order valence-corrected chi connectivity index (χ0v) is 18.5. The number of carbonyl (C=O) groups excluding carboxylic acids is 1. The summed E-state index contributed by atoms with van der Waals surface area (Å²) < 4.78 is 13.5. The van der Waals surface area contributed by atoms with Gasteiger partial charge in [0, 0.05) is 42.8 Å². The molecule has 1 fully saturated rings. The third-order valence-corrected chi connectivity index (χ3v) is 6.13. The summed E-state index contributed by atoms with van der Waals surface area (Å²) in [4.78, 5) is 28.1. The largest absolute Gasteiger partial charge is 0.339 e. The van der Waals surface area contributed by atoms with Crippen LogP contribution in [0.1, 0.15) is 29.3 Å². The highest BCUT2D eigenvalue weighted by Gasteiger charge is 2.28. The van der Waals surface area contributed by atoms with Gasteiger partial charge in [0.25, 0.3) is 5.91 Å². The summed E-state index contributed by atoms with van der Waals surface area (Å²) in [5, 5.41) is 9.00. The number of aryl methyl sites for hydroxylation is 1. The van der Waals surface area contributed by atoms with Crippen LogP contribution in [0.5, 0.6) is 0 Å². The van der Waals surface area contributed by atoms with Crippen LogP contribution in [0.15, 0.2) is 55.0 Å². The van der Waals surface area contributed by atoms with E-state index in [1.165, 1.54) is 16.9 Å². The SMILES string of the molecule is Cc1ccc(-n2nccn2)cc1C(=O)N1CCN(c2ncc3cc(F)ccc3n2)CC[C@H]1C. The van der Waals surface area contributed by atoms with Crippen molar-refractivity contribution in [2.45, 2.75) is 26.3 Å². The molecule has 4 aromatic rings. The lowest BCUT2D eigenvalue weighted by Crippen LogP contribution is -2.40. The number of carbonyl (C=O) groups is 1. The molecule has 0 spiro atoms. The van der Waals surface area contributed by atoms with Crippen LogP contribution in [0.4, 0.5) is 10.3 Å². The van der Waals surface area contributed by atoms with Crippen LogP contribution in [0.2, 0.25) is 0 Å². The molecule has 3 heterocycles. The fourth-order valence-electron chi connectivity index (χ4n) is 4.18. The van der Waals surface area contributed by atoms with Gasteiger partial charge in [-0.2, -0.15) is 15.0 Å². The van der Waals surface area contributed by atoms with Crippen molar-refractivity contribution in [2.75, 3.05) is 24.5 Å². The van der Waals surface area contributed by atoms with Crippen LogP contribution in [0.3, 0.4) is 0 Å². The Hall–Kier alpha value is -3.88. The molecule has 1 saturated heterocycles. The molecular weight excluding hydrogens is 421 g/mol. The minimum Gasteiger partial charge on any atom is -0.339 e. The molecule has 2 aromatic carbocycles. The quantitative estimate of drug-likeness (QED) is 0.481. The Balaban J connectivity index is 1.37. The number of nitrogens with zero attached hydrogens (tertiary/aromatic N) is 7. The number of aromatic nitrogens is 5. The second-order valence-electron chi connectivity index (χ2n) is 8.31. The van der Waals surface area contributed by atoms with Gasteiger partial charge in [0.05, 0.1) is 23.6 Å². The molecular formula is C24H24FN7O. The van der Waals surface area contributed by atoms with Crippen molar-refractivity contribution < 1.29 is 9.18 Å². The topological polar surface area (TPSA) is 80.0 Å². The Morgan fingerprint density at radius 1 is 1.06 bits per heavy atom. The van der Waals surface area contributed by atoms with Gasteiger partial charge < -0.3 is 9.80 Å². The van der Waals surface area contributed by atoms with E-state index < -0.39 is 0 Å². The van der Waals surface area contributed by atoms with Gasteiger partial charge in [-0.1, -0.05) is 6.07 Å². The predicted molar refractivity (Wildman–Crippen MR) is 123 cm³/mol. The Kier molecular flexibility index (Phi) is 5.45. The average molecular weight is 446 g/mol. The van der Waals surface area contributed by atoms with E-state index >= 15 is 0 Å². The minimum atomic E-state index is -0.306. The van der Waals surface area contributed by atoms with Crippen LogP contribution in [0, 0.1) is 12.7 Å². The van der Waals surface area contributed by atoms with Crippen LogP contribution in [-0.2, 0) is 0 Å². The molecule has 1 atom stereocenters. The third kappa shape index (κ3) is 4.13. The minimum absolute atomic E-state index is 0.00855.